The van der Waals surface area contributed by atoms with E-state index in [2.05, 4.69) is 20.6 Å². The van der Waals surface area contributed by atoms with Crippen molar-refractivity contribution in [3.05, 3.63) is 47.4 Å². The highest BCUT2D eigenvalue weighted by Crippen LogP contribution is 2.42. The van der Waals surface area contributed by atoms with Crippen molar-refractivity contribution in [2.24, 2.45) is 0 Å². The quantitative estimate of drug-likeness (QED) is 0.280. The number of hydrogen-bond donors (Lipinski definition) is 5. The SMILES string of the molecule is Cc1ccc(C(O)(C(=O)NC2(C)CNC2)C(F)(F)F)cc1-c1cnc2c(N)nc(C(F)(F)F)cn12.O=C(O)C(F)(F)F. The van der Waals surface area contributed by atoms with Crippen LogP contribution in [0.2, 0.25) is 0 Å². The molecule has 4 rings (SSSR count). The van der Waals surface area contributed by atoms with E-state index in [1.807, 2.05) is 0 Å². The fourth-order valence-corrected chi connectivity index (χ4v) is 3.85. The fraction of sp³-hybridized carbons (Fsp3) is 0.391. The zero-order chi connectivity index (χ0) is 32.1. The number of amides is 1. The average Bonchev–Trinajstić information content (AvgIpc) is 3.26. The standard InChI is InChI=1S/C21H20F6N6O2.C2HF3O2/c1-10-3-4-11(19(35,21(25,26)27)17(34)32-18(2)8-29-9-18)5-12(10)13-6-30-16-15(28)31-14(7-33(13)16)20(22,23)24;3-2(4,5)1(6)7/h3-7,29,35H,8-9H2,1-2H3,(H2,28,31)(H,32,34);(H,6,7). The Bertz CT molecular complexity index is 1510. The number of aliphatic carboxylic acids is 1. The summed E-state index contributed by atoms with van der Waals surface area (Å²) in [6.45, 7) is 3.45. The van der Waals surface area contributed by atoms with Crippen molar-refractivity contribution < 1.29 is 59.3 Å². The molecule has 0 radical (unpaired) electrons. The first-order chi connectivity index (χ1) is 19.0. The van der Waals surface area contributed by atoms with Crippen LogP contribution in [0.1, 0.15) is 23.7 Å². The summed E-state index contributed by atoms with van der Waals surface area (Å²) in [6.07, 6.45) is -13.6. The van der Waals surface area contributed by atoms with Gasteiger partial charge < -0.3 is 26.6 Å². The first kappa shape index (κ1) is 32.4. The lowest BCUT2D eigenvalue weighted by atomic mass is 9.86. The molecule has 0 saturated carbocycles. The Morgan fingerprint density at radius 2 is 1.67 bits per heavy atom. The van der Waals surface area contributed by atoms with E-state index in [0.29, 0.717) is 11.8 Å². The lowest BCUT2D eigenvalue weighted by molar-refractivity contribution is -0.257. The Kier molecular flexibility index (Phi) is 8.18. The van der Waals surface area contributed by atoms with Crippen LogP contribution in [-0.4, -0.2) is 67.4 Å². The number of aliphatic hydroxyl groups is 1. The van der Waals surface area contributed by atoms with Gasteiger partial charge in [0.05, 0.1) is 17.4 Å². The van der Waals surface area contributed by atoms with Crippen molar-refractivity contribution in [1.29, 1.82) is 0 Å². The topological polar surface area (TPSA) is 155 Å². The minimum atomic E-state index is -5.41. The molecule has 42 heavy (non-hydrogen) atoms. The van der Waals surface area contributed by atoms with Gasteiger partial charge in [-0.25, -0.2) is 14.8 Å². The Balaban J connectivity index is 0.000000616. The van der Waals surface area contributed by atoms with E-state index in [1.54, 1.807) is 0 Å². The molecule has 3 aromatic rings. The van der Waals surface area contributed by atoms with Crippen molar-refractivity contribution in [2.75, 3.05) is 18.8 Å². The molecule has 1 aliphatic heterocycles. The first-order valence-corrected chi connectivity index (χ1v) is 11.5. The molecular weight excluding hydrogens is 595 g/mol. The number of alkyl halides is 9. The molecule has 1 fully saturated rings. The van der Waals surface area contributed by atoms with E-state index in [9.17, 15) is 49.4 Å². The van der Waals surface area contributed by atoms with Crippen molar-refractivity contribution in [3.8, 4) is 11.3 Å². The molecule has 1 aromatic carbocycles. The summed E-state index contributed by atoms with van der Waals surface area (Å²) in [7, 11) is 0. The van der Waals surface area contributed by atoms with Gasteiger partial charge in [-0.1, -0.05) is 12.1 Å². The second kappa shape index (κ2) is 10.6. The van der Waals surface area contributed by atoms with E-state index in [0.717, 1.165) is 22.7 Å². The van der Waals surface area contributed by atoms with Crippen LogP contribution in [-0.2, 0) is 21.4 Å². The van der Waals surface area contributed by atoms with Gasteiger partial charge in [0.15, 0.2) is 17.2 Å². The van der Waals surface area contributed by atoms with Gasteiger partial charge in [-0.05, 0) is 25.5 Å². The van der Waals surface area contributed by atoms with Gasteiger partial charge in [0.25, 0.3) is 11.5 Å². The zero-order valence-electron chi connectivity index (χ0n) is 21.3. The van der Waals surface area contributed by atoms with Crippen LogP contribution in [0.4, 0.5) is 45.3 Å². The smallest absolute Gasteiger partial charge is 0.475 e. The molecule has 6 N–H and O–H groups in total. The first-order valence-electron chi connectivity index (χ1n) is 11.5. The van der Waals surface area contributed by atoms with Gasteiger partial charge in [0.1, 0.15) is 0 Å². The zero-order valence-corrected chi connectivity index (χ0v) is 21.3. The summed E-state index contributed by atoms with van der Waals surface area (Å²) in [5.74, 6) is -4.96. The van der Waals surface area contributed by atoms with Crippen LogP contribution in [0.25, 0.3) is 16.9 Å². The van der Waals surface area contributed by atoms with Crippen LogP contribution >= 0.6 is 0 Å². The minimum absolute atomic E-state index is 0.000669. The predicted octanol–water partition coefficient (Wildman–Crippen LogP) is 3.17. The van der Waals surface area contributed by atoms with Crippen molar-refractivity contribution in [1.82, 2.24) is 25.0 Å². The maximum Gasteiger partial charge on any atom is 0.490 e. The second-order valence-electron chi connectivity index (χ2n) is 9.51. The van der Waals surface area contributed by atoms with E-state index in [4.69, 9.17) is 15.6 Å². The number of benzene rings is 1. The summed E-state index contributed by atoms with van der Waals surface area (Å²) in [5.41, 5.74) is -1.27. The number of nitrogens with zero attached hydrogens (tertiary/aromatic N) is 3. The Morgan fingerprint density at radius 3 is 2.12 bits per heavy atom. The number of carbonyl (C=O) groups excluding carboxylic acids is 1. The number of nitrogen functional groups attached to an aromatic ring is 1. The summed E-state index contributed by atoms with van der Waals surface area (Å²) < 4.78 is 115. The van der Waals surface area contributed by atoms with Crippen LogP contribution in [0, 0.1) is 6.92 Å². The molecule has 230 valence electrons. The molecule has 0 aliphatic carbocycles. The highest BCUT2D eigenvalue weighted by atomic mass is 19.4. The number of aromatic nitrogens is 3. The summed E-state index contributed by atoms with van der Waals surface area (Å²) in [5, 5.41) is 22.9. The van der Waals surface area contributed by atoms with Crippen molar-refractivity contribution in [2.45, 2.75) is 43.5 Å². The average molecular weight is 616 g/mol. The normalized spacial score (nSPS) is 16.6. The van der Waals surface area contributed by atoms with E-state index in [-0.39, 0.29) is 30.0 Å². The van der Waals surface area contributed by atoms with Crippen LogP contribution < -0.4 is 16.4 Å². The molecule has 2 aromatic heterocycles. The molecule has 1 amide bonds. The number of carboxylic acid groups (broad SMARTS) is 1. The summed E-state index contributed by atoms with van der Waals surface area (Å²) >= 11 is 0. The number of hydrogen-bond acceptors (Lipinski definition) is 7. The predicted molar refractivity (Wildman–Crippen MR) is 126 cm³/mol. The Morgan fingerprint density at radius 1 is 1.10 bits per heavy atom. The molecule has 1 saturated heterocycles. The number of fused-ring (bicyclic) bond motifs is 1. The molecule has 1 aliphatic rings. The number of imidazole rings is 1. The summed E-state index contributed by atoms with van der Waals surface area (Å²) in [4.78, 5) is 28.9. The van der Waals surface area contributed by atoms with Crippen molar-refractivity contribution >= 4 is 23.3 Å². The number of carboxylic acids is 1. The summed E-state index contributed by atoms with van der Waals surface area (Å²) in [6, 6.07) is 3.06. The molecule has 0 spiro atoms. The largest absolute Gasteiger partial charge is 0.490 e. The van der Waals surface area contributed by atoms with Crippen molar-refractivity contribution in [3.63, 3.8) is 0 Å². The maximum atomic E-state index is 14.1. The van der Waals surface area contributed by atoms with E-state index >= 15 is 0 Å². The van der Waals surface area contributed by atoms with Crippen LogP contribution in [0.5, 0.6) is 0 Å². The number of halogens is 9. The minimum Gasteiger partial charge on any atom is -0.475 e. The van der Waals surface area contributed by atoms with Crippen LogP contribution in [0.15, 0.2) is 30.6 Å². The maximum absolute atomic E-state index is 14.1. The molecule has 1 atom stereocenters. The third kappa shape index (κ3) is 6.20. The monoisotopic (exact) mass is 616 g/mol. The van der Waals surface area contributed by atoms with Gasteiger partial charge in [-0.2, -0.15) is 39.5 Å². The molecule has 1 unspecified atom stereocenters. The molecule has 3 heterocycles. The van der Waals surface area contributed by atoms with E-state index in [1.165, 1.54) is 19.9 Å². The van der Waals surface area contributed by atoms with E-state index < -0.39 is 58.6 Å². The number of nitrogens with two attached hydrogens (primary N) is 1. The highest BCUT2D eigenvalue weighted by Gasteiger charge is 2.62. The van der Waals surface area contributed by atoms with Gasteiger partial charge in [0, 0.05) is 30.4 Å². The Hall–Kier alpha value is -4.13. The van der Waals surface area contributed by atoms with Crippen LogP contribution in [0.3, 0.4) is 0 Å². The third-order valence-corrected chi connectivity index (χ3v) is 6.17. The number of anilines is 1. The molecule has 0 bridgehead atoms. The molecule has 19 heteroatoms. The molecular formula is C23H21F9N6O4. The third-order valence-electron chi connectivity index (χ3n) is 6.17. The number of aryl methyl sites for hydroxylation is 1. The number of nitrogens with one attached hydrogen (secondary N) is 2. The van der Waals surface area contributed by atoms with Gasteiger partial charge in [0.2, 0.25) is 0 Å². The lowest BCUT2D eigenvalue weighted by Gasteiger charge is -2.42. The van der Waals surface area contributed by atoms with Gasteiger partial charge in [-0.15, -0.1) is 0 Å². The van der Waals surface area contributed by atoms with Gasteiger partial charge in [-0.3, -0.25) is 9.20 Å². The number of carbonyl (C=O) groups is 2. The second-order valence-corrected chi connectivity index (χ2v) is 9.51. The Labute approximate surface area is 229 Å². The fourth-order valence-electron chi connectivity index (χ4n) is 3.85. The lowest BCUT2D eigenvalue weighted by Crippen LogP contribution is -2.70. The molecule has 10 nitrogen and oxygen atoms in total. The van der Waals surface area contributed by atoms with Gasteiger partial charge >= 0.3 is 24.5 Å². The highest BCUT2D eigenvalue weighted by molar-refractivity contribution is 5.89. The number of rotatable bonds is 4.